The van der Waals surface area contributed by atoms with E-state index in [4.69, 9.17) is 4.74 Å². The first-order valence-corrected chi connectivity index (χ1v) is 5.95. The third-order valence-corrected chi connectivity index (χ3v) is 2.54. The summed E-state index contributed by atoms with van der Waals surface area (Å²) >= 11 is 0. The van der Waals surface area contributed by atoms with Crippen LogP contribution in [0.1, 0.15) is 32.6 Å². The van der Waals surface area contributed by atoms with Crippen LogP contribution in [0.3, 0.4) is 0 Å². The molecular weight excluding hydrogens is 176 g/mol. The highest BCUT2D eigenvalue weighted by atomic mass is 16.5. The molecule has 3 nitrogen and oxygen atoms in total. The van der Waals surface area contributed by atoms with Gasteiger partial charge in [-0.15, -0.1) is 0 Å². The van der Waals surface area contributed by atoms with Crippen molar-refractivity contribution in [3.8, 4) is 0 Å². The van der Waals surface area contributed by atoms with Gasteiger partial charge in [0.05, 0.1) is 0 Å². The maximum Gasteiger partial charge on any atom is 0.0478 e. The summed E-state index contributed by atoms with van der Waals surface area (Å²) < 4.78 is 5.40. The molecule has 1 atom stereocenters. The highest BCUT2D eigenvalue weighted by molar-refractivity contribution is 4.75. The van der Waals surface area contributed by atoms with Crippen LogP contribution in [0.25, 0.3) is 0 Å². The predicted molar refractivity (Wildman–Crippen MR) is 59.6 cm³/mol. The number of rotatable bonds is 8. The molecular formula is C11H24N2O. The van der Waals surface area contributed by atoms with Gasteiger partial charge in [-0.25, -0.2) is 0 Å². The topological polar surface area (TPSA) is 33.3 Å². The second-order valence-corrected chi connectivity index (χ2v) is 3.96. The van der Waals surface area contributed by atoms with Crippen molar-refractivity contribution in [2.24, 2.45) is 0 Å². The summed E-state index contributed by atoms with van der Waals surface area (Å²) in [7, 11) is 0. The van der Waals surface area contributed by atoms with E-state index in [2.05, 4.69) is 17.6 Å². The summed E-state index contributed by atoms with van der Waals surface area (Å²) in [6.07, 6.45) is 4.93. The van der Waals surface area contributed by atoms with Gasteiger partial charge in [-0.05, 0) is 38.8 Å². The standard InChI is InChI=1S/C11H24N2O/c1-2-8-14-9-4-6-12-10-11-5-3-7-13-11/h11-13H,2-10H2,1H3. The molecule has 0 aromatic carbocycles. The Labute approximate surface area is 87.6 Å². The fourth-order valence-electron chi connectivity index (χ4n) is 1.75. The summed E-state index contributed by atoms with van der Waals surface area (Å²) in [5.41, 5.74) is 0. The van der Waals surface area contributed by atoms with Crippen LogP contribution in [0.5, 0.6) is 0 Å². The van der Waals surface area contributed by atoms with Crippen LogP contribution in [0, 0.1) is 0 Å². The lowest BCUT2D eigenvalue weighted by Crippen LogP contribution is -2.34. The van der Waals surface area contributed by atoms with Crippen LogP contribution < -0.4 is 10.6 Å². The van der Waals surface area contributed by atoms with Gasteiger partial charge in [0.15, 0.2) is 0 Å². The summed E-state index contributed by atoms with van der Waals surface area (Å²) in [5, 5.41) is 6.94. The zero-order valence-corrected chi connectivity index (χ0v) is 9.35. The molecule has 0 saturated carbocycles. The van der Waals surface area contributed by atoms with Crippen molar-refractivity contribution in [3.63, 3.8) is 0 Å². The highest BCUT2D eigenvalue weighted by Crippen LogP contribution is 2.02. The minimum Gasteiger partial charge on any atom is -0.381 e. The average molecular weight is 200 g/mol. The molecule has 1 fully saturated rings. The van der Waals surface area contributed by atoms with Crippen LogP contribution >= 0.6 is 0 Å². The van der Waals surface area contributed by atoms with Crippen molar-refractivity contribution < 1.29 is 4.74 Å². The smallest absolute Gasteiger partial charge is 0.0478 e. The van der Waals surface area contributed by atoms with Gasteiger partial charge in [0, 0.05) is 25.8 Å². The molecule has 1 aliphatic heterocycles. The number of ether oxygens (including phenoxy) is 1. The van der Waals surface area contributed by atoms with Crippen LogP contribution in [0.2, 0.25) is 0 Å². The first-order chi connectivity index (χ1) is 6.93. The Balaban J connectivity index is 1.75. The van der Waals surface area contributed by atoms with E-state index in [1.54, 1.807) is 0 Å². The van der Waals surface area contributed by atoms with E-state index < -0.39 is 0 Å². The van der Waals surface area contributed by atoms with Gasteiger partial charge in [0.25, 0.3) is 0 Å². The zero-order valence-electron chi connectivity index (χ0n) is 9.35. The van der Waals surface area contributed by atoms with Gasteiger partial charge >= 0.3 is 0 Å². The van der Waals surface area contributed by atoms with E-state index >= 15 is 0 Å². The van der Waals surface area contributed by atoms with E-state index in [0.29, 0.717) is 6.04 Å². The van der Waals surface area contributed by atoms with Gasteiger partial charge < -0.3 is 15.4 Å². The molecule has 0 amide bonds. The summed E-state index contributed by atoms with van der Waals surface area (Å²) in [4.78, 5) is 0. The van der Waals surface area contributed by atoms with Crippen molar-refractivity contribution in [3.05, 3.63) is 0 Å². The van der Waals surface area contributed by atoms with Crippen molar-refractivity contribution in [2.75, 3.05) is 32.8 Å². The Morgan fingerprint density at radius 2 is 2.36 bits per heavy atom. The van der Waals surface area contributed by atoms with Crippen molar-refractivity contribution in [2.45, 2.75) is 38.6 Å². The molecule has 0 bridgehead atoms. The lowest BCUT2D eigenvalue weighted by atomic mass is 10.2. The Hall–Kier alpha value is -0.120. The molecule has 1 aliphatic rings. The quantitative estimate of drug-likeness (QED) is 0.577. The van der Waals surface area contributed by atoms with E-state index in [1.807, 2.05) is 0 Å². The third-order valence-electron chi connectivity index (χ3n) is 2.54. The maximum absolute atomic E-state index is 5.40. The Bertz CT molecular complexity index is 124. The number of hydrogen-bond donors (Lipinski definition) is 2. The monoisotopic (exact) mass is 200 g/mol. The molecule has 0 spiro atoms. The van der Waals surface area contributed by atoms with Gasteiger partial charge in [-0.1, -0.05) is 6.92 Å². The zero-order chi connectivity index (χ0) is 10.1. The summed E-state index contributed by atoms with van der Waals surface area (Å²) in [5.74, 6) is 0. The van der Waals surface area contributed by atoms with Crippen LogP contribution in [-0.2, 0) is 4.74 Å². The van der Waals surface area contributed by atoms with Crippen LogP contribution in [-0.4, -0.2) is 38.9 Å². The average Bonchev–Trinajstić information content (AvgIpc) is 2.69. The van der Waals surface area contributed by atoms with Crippen LogP contribution in [0.4, 0.5) is 0 Å². The van der Waals surface area contributed by atoms with Crippen molar-refractivity contribution in [1.29, 1.82) is 0 Å². The molecule has 0 aromatic heterocycles. The lowest BCUT2D eigenvalue weighted by Gasteiger charge is -2.11. The minimum absolute atomic E-state index is 0.714. The van der Waals surface area contributed by atoms with Gasteiger partial charge in [0.1, 0.15) is 0 Å². The number of hydrogen-bond acceptors (Lipinski definition) is 3. The lowest BCUT2D eigenvalue weighted by molar-refractivity contribution is 0.132. The first-order valence-electron chi connectivity index (χ1n) is 5.95. The maximum atomic E-state index is 5.40. The van der Waals surface area contributed by atoms with Crippen molar-refractivity contribution in [1.82, 2.24) is 10.6 Å². The molecule has 14 heavy (non-hydrogen) atoms. The number of nitrogens with one attached hydrogen (secondary N) is 2. The Kier molecular flexibility index (Phi) is 7.01. The fourth-order valence-corrected chi connectivity index (χ4v) is 1.75. The molecule has 1 rings (SSSR count). The molecule has 84 valence electrons. The molecule has 2 N–H and O–H groups in total. The molecule has 0 aliphatic carbocycles. The molecule has 0 aromatic rings. The predicted octanol–water partition coefficient (Wildman–Crippen LogP) is 1.14. The van der Waals surface area contributed by atoms with E-state index in [0.717, 1.165) is 39.1 Å². The third kappa shape index (κ3) is 5.58. The van der Waals surface area contributed by atoms with Gasteiger partial charge in [-0.2, -0.15) is 0 Å². The Morgan fingerprint density at radius 1 is 1.43 bits per heavy atom. The first kappa shape index (κ1) is 12.0. The van der Waals surface area contributed by atoms with E-state index in [1.165, 1.54) is 19.4 Å². The molecule has 1 unspecified atom stereocenters. The van der Waals surface area contributed by atoms with Crippen LogP contribution in [0.15, 0.2) is 0 Å². The van der Waals surface area contributed by atoms with E-state index in [-0.39, 0.29) is 0 Å². The van der Waals surface area contributed by atoms with Crippen molar-refractivity contribution >= 4 is 0 Å². The van der Waals surface area contributed by atoms with Gasteiger partial charge in [-0.3, -0.25) is 0 Å². The van der Waals surface area contributed by atoms with E-state index in [9.17, 15) is 0 Å². The highest BCUT2D eigenvalue weighted by Gasteiger charge is 2.12. The second kappa shape index (κ2) is 8.21. The SMILES string of the molecule is CCCOCCCNCC1CCCN1. The summed E-state index contributed by atoms with van der Waals surface area (Å²) in [6.45, 7) is 7.36. The molecule has 0 radical (unpaired) electrons. The molecule has 1 saturated heterocycles. The van der Waals surface area contributed by atoms with Gasteiger partial charge in [0.2, 0.25) is 0 Å². The second-order valence-electron chi connectivity index (χ2n) is 3.96. The molecule has 1 heterocycles. The Morgan fingerprint density at radius 3 is 3.07 bits per heavy atom. The fraction of sp³-hybridized carbons (Fsp3) is 1.00. The summed E-state index contributed by atoms with van der Waals surface area (Å²) in [6, 6.07) is 0.714. The largest absolute Gasteiger partial charge is 0.381 e. The molecule has 3 heteroatoms. The normalized spacial score (nSPS) is 21.6. The minimum atomic E-state index is 0.714.